The fraction of sp³-hybridized carbons (Fsp3) is 0.571. The summed E-state index contributed by atoms with van der Waals surface area (Å²) in [6.07, 6.45) is -1.77. The maximum absolute atomic E-state index is 9.73. The molecule has 3 atom stereocenters. The quantitative estimate of drug-likeness (QED) is 0.820. The molecule has 1 aromatic rings. The van der Waals surface area contributed by atoms with Gasteiger partial charge < -0.3 is 14.9 Å². The van der Waals surface area contributed by atoms with E-state index in [-0.39, 0.29) is 12.7 Å². The van der Waals surface area contributed by atoms with Gasteiger partial charge >= 0.3 is 0 Å². The number of hydrogen-bond acceptors (Lipinski definition) is 4. The molecule has 3 nitrogen and oxygen atoms in total. The number of thioether (sulfide) groups is 1. The van der Waals surface area contributed by atoms with E-state index in [9.17, 15) is 10.2 Å². The van der Waals surface area contributed by atoms with Crippen LogP contribution in [0, 0.1) is 0 Å². The van der Waals surface area contributed by atoms with Crippen LogP contribution in [0.2, 0.25) is 0 Å². The Kier molecular flexibility index (Phi) is 4.67. The second-order valence-corrected chi connectivity index (χ2v) is 6.00. The van der Waals surface area contributed by atoms with Crippen LogP contribution in [0.5, 0.6) is 0 Å². The van der Waals surface area contributed by atoms with E-state index in [2.05, 4.69) is 26.0 Å². The lowest BCUT2D eigenvalue weighted by atomic mass is 10.0. The molecule has 0 amide bonds. The Morgan fingerprint density at radius 1 is 1.33 bits per heavy atom. The predicted molar refractivity (Wildman–Crippen MR) is 73.0 cm³/mol. The van der Waals surface area contributed by atoms with Crippen molar-refractivity contribution in [2.24, 2.45) is 0 Å². The first-order chi connectivity index (χ1) is 8.59. The van der Waals surface area contributed by atoms with Gasteiger partial charge in [0.25, 0.3) is 0 Å². The molecule has 2 N–H and O–H groups in total. The van der Waals surface area contributed by atoms with Gasteiger partial charge in [-0.15, -0.1) is 11.8 Å². The Balaban J connectivity index is 1.98. The average Bonchev–Trinajstić information content (AvgIpc) is 2.68. The molecule has 0 radical (unpaired) electrons. The number of rotatable bonds is 4. The summed E-state index contributed by atoms with van der Waals surface area (Å²) in [4.78, 5) is 1.23. The van der Waals surface area contributed by atoms with Gasteiger partial charge in [-0.05, 0) is 17.5 Å². The highest BCUT2D eigenvalue weighted by Gasteiger charge is 2.34. The molecule has 4 heteroatoms. The summed E-state index contributed by atoms with van der Waals surface area (Å²) in [6.45, 7) is 4.58. The molecule has 2 rings (SSSR count). The third-order valence-corrected chi connectivity index (χ3v) is 4.38. The molecule has 0 aliphatic carbocycles. The highest BCUT2D eigenvalue weighted by atomic mass is 32.2. The Labute approximate surface area is 112 Å². The zero-order chi connectivity index (χ0) is 13.1. The topological polar surface area (TPSA) is 49.7 Å². The molecule has 0 aromatic heterocycles. The van der Waals surface area contributed by atoms with Crippen LogP contribution >= 0.6 is 11.8 Å². The van der Waals surface area contributed by atoms with Crippen LogP contribution in [0.15, 0.2) is 29.2 Å². The van der Waals surface area contributed by atoms with Crippen molar-refractivity contribution in [1.82, 2.24) is 0 Å². The summed E-state index contributed by atoms with van der Waals surface area (Å²) in [5, 5.41) is 19.1. The molecule has 0 bridgehead atoms. The molecule has 0 spiro atoms. The van der Waals surface area contributed by atoms with Crippen molar-refractivity contribution < 1.29 is 14.9 Å². The van der Waals surface area contributed by atoms with Crippen LogP contribution in [-0.2, 0) is 4.74 Å². The third kappa shape index (κ3) is 3.06. The molecular weight excluding hydrogens is 248 g/mol. The minimum atomic E-state index is -0.760. The monoisotopic (exact) mass is 268 g/mol. The lowest BCUT2D eigenvalue weighted by Crippen LogP contribution is -2.31. The van der Waals surface area contributed by atoms with Crippen LogP contribution in [0.1, 0.15) is 25.3 Å². The number of hydrogen-bond donors (Lipinski definition) is 2. The van der Waals surface area contributed by atoms with Crippen molar-refractivity contribution >= 4 is 11.8 Å². The zero-order valence-electron chi connectivity index (χ0n) is 10.7. The second kappa shape index (κ2) is 6.06. The summed E-state index contributed by atoms with van der Waals surface area (Å²) in [5.41, 5.74) is 1.32. The number of aliphatic hydroxyl groups excluding tert-OH is 2. The maximum Gasteiger partial charge on any atom is 0.109 e. The van der Waals surface area contributed by atoms with Crippen molar-refractivity contribution in [3.8, 4) is 0 Å². The van der Waals surface area contributed by atoms with Crippen molar-refractivity contribution in [3.63, 3.8) is 0 Å². The van der Waals surface area contributed by atoms with Crippen molar-refractivity contribution in [2.45, 2.75) is 43.0 Å². The SMILES string of the molecule is CC(C)c1ccccc1SCC1OCC(O)C1O. The van der Waals surface area contributed by atoms with Gasteiger partial charge in [0.05, 0.1) is 12.7 Å². The van der Waals surface area contributed by atoms with Gasteiger partial charge in [-0.2, -0.15) is 0 Å². The number of aliphatic hydroxyl groups is 2. The first kappa shape index (κ1) is 13.9. The molecule has 1 aliphatic rings. The van der Waals surface area contributed by atoms with E-state index in [0.717, 1.165) is 0 Å². The van der Waals surface area contributed by atoms with Crippen LogP contribution in [-0.4, -0.2) is 40.9 Å². The Hall–Kier alpha value is -0.550. The van der Waals surface area contributed by atoms with E-state index in [0.29, 0.717) is 11.7 Å². The molecule has 18 heavy (non-hydrogen) atoms. The summed E-state index contributed by atoms with van der Waals surface area (Å²) < 4.78 is 5.38. The van der Waals surface area contributed by atoms with E-state index < -0.39 is 12.2 Å². The van der Waals surface area contributed by atoms with Gasteiger partial charge in [0, 0.05) is 10.6 Å². The fourth-order valence-corrected chi connectivity index (χ4v) is 3.36. The summed E-state index contributed by atoms with van der Waals surface area (Å²) in [5.74, 6) is 1.15. The van der Waals surface area contributed by atoms with Crippen molar-refractivity contribution in [1.29, 1.82) is 0 Å². The molecule has 1 aromatic carbocycles. The fourth-order valence-electron chi connectivity index (χ4n) is 2.07. The van der Waals surface area contributed by atoms with Crippen LogP contribution in [0.25, 0.3) is 0 Å². The normalized spacial score (nSPS) is 27.9. The minimum Gasteiger partial charge on any atom is -0.388 e. The molecule has 0 saturated carbocycles. The van der Waals surface area contributed by atoms with Gasteiger partial charge in [0.15, 0.2) is 0 Å². The lowest BCUT2D eigenvalue weighted by Gasteiger charge is -2.16. The highest BCUT2D eigenvalue weighted by molar-refractivity contribution is 7.99. The number of benzene rings is 1. The highest BCUT2D eigenvalue weighted by Crippen LogP contribution is 2.30. The van der Waals surface area contributed by atoms with E-state index in [4.69, 9.17) is 4.74 Å². The Bertz CT molecular complexity index is 394. The van der Waals surface area contributed by atoms with Gasteiger partial charge in [0.2, 0.25) is 0 Å². The predicted octanol–water partition coefficient (Wildman–Crippen LogP) is 2.02. The summed E-state index contributed by atoms with van der Waals surface area (Å²) in [7, 11) is 0. The maximum atomic E-state index is 9.73. The summed E-state index contributed by atoms with van der Waals surface area (Å²) >= 11 is 1.68. The number of ether oxygens (including phenoxy) is 1. The lowest BCUT2D eigenvalue weighted by molar-refractivity contribution is 0.0337. The Morgan fingerprint density at radius 2 is 2.06 bits per heavy atom. The van der Waals surface area contributed by atoms with Crippen LogP contribution < -0.4 is 0 Å². The molecule has 1 aliphatic heterocycles. The average molecular weight is 268 g/mol. The standard InChI is InChI=1S/C14H20O3S/c1-9(2)10-5-3-4-6-13(10)18-8-12-14(16)11(15)7-17-12/h3-6,9,11-12,14-16H,7-8H2,1-2H3. The van der Waals surface area contributed by atoms with E-state index >= 15 is 0 Å². The first-order valence-corrected chi connectivity index (χ1v) is 7.27. The second-order valence-electron chi connectivity index (χ2n) is 4.93. The smallest absolute Gasteiger partial charge is 0.109 e. The van der Waals surface area contributed by atoms with Gasteiger partial charge in [-0.25, -0.2) is 0 Å². The zero-order valence-corrected chi connectivity index (χ0v) is 11.6. The molecule has 1 heterocycles. The van der Waals surface area contributed by atoms with Gasteiger partial charge in [0.1, 0.15) is 12.2 Å². The molecule has 1 saturated heterocycles. The van der Waals surface area contributed by atoms with Crippen LogP contribution in [0.3, 0.4) is 0 Å². The van der Waals surface area contributed by atoms with E-state index in [1.54, 1.807) is 11.8 Å². The third-order valence-electron chi connectivity index (χ3n) is 3.20. The van der Waals surface area contributed by atoms with Gasteiger partial charge in [-0.1, -0.05) is 32.0 Å². The van der Waals surface area contributed by atoms with Gasteiger partial charge in [-0.3, -0.25) is 0 Å². The van der Waals surface area contributed by atoms with Crippen molar-refractivity contribution in [3.05, 3.63) is 29.8 Å². The largest absolute Gasteiger partial charge is 0.388 e. The van der Waals surface area contributed by atoms with Crippen LogP contribution in [0.4, 0.5) is 0 Å². The van der Waals surface area contributed by atoms with E-state index in [1.807, 2.05) is 12.1 Å². The molecule has 1 fully saturated rings. The molecule has 100 valence electrons. The van der Waals surface area contributed by atoms with Crippen molar-refractivity contribution in [2.75, 3.05) is 12.4 Å². The molecule has 3 unspecified atom stereocenters. The Morgan fingerprint density at radius 3 is 2.67 bits per heavy atom. The molecular formula is C14H20O3S. The summed E-state index contributed by atoms with van der Waals surface area (Å²) in [6, 6.07) is 8.30. The first-order valence-electron chi connectivity index (χ1n) is 6.29. The van der Waals surface area contributed by atoms with E-state index in [1.165, 1.54) is 10.5 Å². The minimum absolute atomic E-state index is 0.234.